The topological polar surface area (TPSA) is 42.4 Å². The molecule has 1 fully saturated rings. The molecule has 1 atom stereocenters. The Bertz CT molecular complexity index is 1010. The van der Waals surface area contributed by atoms with Crippen LogP contribution in [-0.4, -0.2) is 35.9 Å². The molecule has 0 aliphatic carbocycles. The third-order valence-corrected chi connectivity index (χ3v) is 7.48. The molecule has 1 aliphatic rings. The maximum absolute atomic E-state index is 13.2. The van der Waals surface area contributed by atoms with Crippen LogP contribution >= 0.6 is 34.7 Å². The average molecular weight is 447 g/mol. The summed E-state index contributed by atoms with van der Waals surface area (Å²) in [5.41, 5.74) is 3.37. The van der Waals surface area contributed by atoms with E-state index in [0.717, 1.165) is 39.7 Å². The third-order valence-electron chi connectivity index (χ3n) is 5.19. The number of carbonyl (C=O) groups is 1. The smallest absolute Gasteiger partial charge is 0.239 e. The highest BCUT2D eigenvalue weighted by Crippen LogP contribution is 2.33. The molecule has 1 saturated heterocycles. The number of hydrogen-bond acceptors (Lipinski definition) is 5. The Labute approximate surface area is 184 Å². The Morgan fingerprint density at radius 1 is 1.28 bits per heavy atom. The van der Waals surface area contributed by atoms with E-state index >= 15 is 0 Å². The van der Waals surface area contributed by atoms with E-state index in [2.05, 4.69) is 26.0 Å². The number of halogens is 1. The van der Waals surface area contributed by atoms with Gasteiger partial charge in [-0.2, -0.15) is 0 Å². The van der Waals surface area contributed by atoms with Gasteiger partial charge in [0.2, 0.25) is 5.91 Å². The number of fused-ring (bicyclic) bond motifs is 1. The van der Waals surface area contributed by atoms with E-state index in [9.17, 15) is 4.79 Å². The number of nitrogens with zero attached hydrogens (tertiary/aromatic N) is 2. The maximum atomic E-state index is 13.2. The Morgan fingerprint density at radius 2 is 2.07 bits per heavy atom. The van der Waals surface area contributed by atoms with Gasteiger partial charge in [-0.25, -0.2) is 4.98 Å². The van der Waals surface area contributed by atoms with Crippen molar-refractivity contribution < 1.29 is 9.53 Å². The minimum atomic E-state index is 0.0499. The first kappa shape index (κ1) is 20.7. The lowest BCUT2D eigenvalue weighted by Crippen LogP contribution is -2.38. The minimum absolute atomic E-state index is 0.0499. The zero-order chi connectivity index (χ0) is 20.4. The molecule has 0 spiro atoms. The standard InChI is InChI=1S/C22H23ClN2O2S2/c1-14-5-10-19-21(15(14)2)24-22(29-19)25(12-17-4-3-11-27-17)20(26)13-28-18-8-6-16(23)7-9-18/h5-10,17H,3-4,11-13H2,1-2H3. The number of thiazole rings is 1. The van der Waals surface area contributed by atoms with Crippen LogP contribution in [0.1, 0.15) is 24.0 Å². The molecule has 1 aromatic heterocycles. The van der Waals surface area contributed by atoms with E-state index in [1.807, 2.05) is 29.2 Å². The van der Waals surface area contributed by atoms with Gasteiger partial charge >= 0.3 is 0 Å². The van der Waals surface area contributed by atoms with E-state index in [0.29, 0.717) is 17.3 Å². The molecule has 29 heavy (non-hydrogen) atoms. The van der Waals surface area contributed by atoms with Crippen molar-refractivity contribution in [2.45, 2.75) is 37.7 Å². The number of anilines is 1. The van der Waals surface area contributed by atoms with E-state index < -0.39 is 0 Å². The molecular weight excluding hydrogens is 424 g/mol. The van der Waals surface area contributed by atoms with Crippen LogP contribution in [-0.2, 0) is 9.53 Å². The second-order valence-corrected chi connectivity index (χ2v) is 9.73. The molecular formula is C22H23ClN2O2S2. The highest BCUT2D eigenvalue weighted by Gasteiger charge is 2.26. The van der Waals surface area contributed by atoms with Gasteiger partial charge in [-0.05, 0) is 68.1 Å². The highest BCUT2D eigenvalue weighted by molar-refractivity contribution is 8.00. The second-order valence-electron chi connectivity index (χ2n) is 7.23. The average Bonchev–Trinajstić information content (AvgIpc) is 3.38. The molecule has 2 aromatic carbocycles. The second kappa shape index (κ2) is 9.04. The Kier molecular flexibility index (Phi) is 6.44. The normalized spacial score (nSPS) is 16.4. The number of hydrogen-bond donors (Lipinski definition) is 0. The Balaban J connectivity index is 1.57. The van der Waals surface area contributed by atoms with E-state index in [1.165, 1.54) is 22.9 Å². The van der Waals surface area contributed by atoms with Crippen molar-refractivity contribution in [3.63, 3.8) is 0 Å². The summed E-state index contributed by atoms with van der Waals surface area (Å²) < 4.78 is 6.92. The van der Waals surface area contributed by atoms with Gasteiger partial charge in [0, 0.05) is 16.5 Å². The number of thioether (sulfide) groups is 1. The lowest BCUT2D eigenvalue weighted by molar-refractivity contribution is -0.116. The summed E-state index contributed by atoms with van der Waals surface area (Å²) in [5, 5.41) is 1.45. The minimum Gasteiger partial charge on any atom is -0.376 e. The zero-order valence-electron chi connectivity index (χ0n) is 16.5. The van der Waals surface area contributed by atoms with Crippen molar-refractivity contribution in [1.29, 1.82) is 0 Å². The lowest BCUT2D eigenvalue weighted by atomic mass is 10.1. The monoisotopic (exact) mass is 446 g/mol. The van der Waals surface area contributed by atoms with Crippen LogP contribution in [0.2, 0.25) is 5.02 Å². The van der Waals surface area contributed by atoms with E-state index in [1.54, 1.807) is 11.3 Å². The Hall–Kier alpha value is -1.60. The van der Waals surface area contributed by atoms with Gasteiger partial charge in [0.25, 0.3) is 0 Å². The number of ether oxygens (including phenoxy) is 1. The van der Waals surface area contributed by atoms with Crippen LogP contribution < -0.4 is 4.90 Å². The van der Waals surface area contributed by atoms with Crippen LogP contribution in [0.15, 0.2) is 41.3 Å². The van der Waals surface area contributed by atoms with Crippen molar-refractivity contribution in [2.24, 2.45) is 0 Å². The van der Waals surface area contributed by atoms with Gasteiger partial charge < -0.3 is 4.74 Å². The lowest BCUT2D eigenvalue weighted by Gasteiger charge is -2.23. The SMILES string of the molecule is Cc1ccc2sc(N(CC3CCCO3)C(=O)CSc3ccc(Cl)cc3)nc2c1C. The number of benzene rings is 2. The van der Waals surface area contributed by atoms with Gasteiger partial charge in [0.15, 0.2) is 5.13 Å². The van der Waals surface area contributed by atoms with Crippen LogP contribution in [0.4, 0.5) is 5.13 Å². The molecule has 2 heterocycles. The molecule has 0 bridgehead atoms. The summed E-state index contributed by atoms with van der Waals surface area (Å²) in [6, 6.07) is 11.8. The van der Waals surface area contributed by atoms with Crippen molar-refractivity contribution in [3.8, 4) is 0 Å². The first-order valence-corrected chi connectivity index (χ1v) is 11.9. The summed E-state index contributed by atoms with van der Waals surface area (Å²) in [5.74, 6) is 0.399. The first-order valence-electron chi connectivity index (χ1n) is 9.68. The predicted octanol–water partition coefficient (Wildman–Crippen LogP) is 5.87. The summed E-state index contributed by atoms with van der Waals surface area (Å²) in [6.45, 7) is 5.50. The van der Waals surface area contributed by atoms with Gasteiger partial charge in [-0.3, -0.25) is 9.69 Å². The molecule has 3 aromatic rings. The molecule has 0 N–H and O–H groups in total. The van der Waals surface area contributed by atoms with Crippen molar-refractivity contribution in [3.05, 3.63) is 52.5 Å². The fourth-order valence-corrected chi connectivity index (χ4v) is 5.31. The number of aromatic nitrogens is 1. The highest BCUT2D eigenvalue weighted by atomic mass is 35.5. The van der Waals surface area contributed by atoms with Gasteiger partial charge in [-0.15, -0.1) is 11.8 Å². The van der Waals surface area contributed by atoms with Gasteiger partial charge in [0.05, 0.1) is 28.6 Å². The van der Waals surface area contributed by atoms with Crippen LogP contribution in [0, 0.1) is 13.8 Å². The van der Waals surface area contributed by atoms with Crippen LogP contribution in [0.3, 0.4) is 0 Å². The fourth-order valence-electron chi connectivity index (χ4n) is 3.36. The van der Waals surface area contributed by atoms with E-state index in [4.69, 9.17) is 21.3 Å². The quantitative estimate of drug-likeness (QED) is 0.444. The molecule has 1 unspecified atom stereocenters. The first-order chi connectivity index (χ1) is 14.0. The number of aryl methyl sites for hydroxylation is 2. The number of carbonyl (C=O) groups excluding carboxylic acids is 1. The summed E-state index contributed by atoms with van der Waals surface area (Å²) in [6.07, 6.45) is 2.11. The molecule has 152 valence electrons. The fraction of sp³-hybridized carbons (Fsp3) is 0.364. The molecule has 7 heteroatoms. The zero-order valence-corrected chi connectivity index (χ0v) is 18.9. The third kappa shape index (κ3) is 4.77. The molecule has 4 rings (SSSR count). The number of rotatable bonds is 6. The van der Waals surface area contributed by atoms with Crippen molar-refractivity contribution >= 4 is 56.0 Å². The summed E-state index contributed by atoms with van der Waals surface area (Å²) in [7, 11) is 0. The summed E-state index contributed by atoms with van der Waals surface area (Å²) in [4.78, 5) is 20.9. The van der Waals surface area contributed by atoms with Crippen molar-refractivity contribution in [2.75, 3.05) is 23.8 Å². The molecule has 1 aliphatic heterocycles. The van der Waals surface area contributed by atoms with Gasteiger partial charge in [-0.1, -0.05) is 29.0 Å². The summed E-state index contributed by atoms with van der Waals surface area (Å²) >= 11 is 9.05. The predicted molar refractivity (Wildman–Crippen MR) is 123 cm³/mol. The van der Waals surface area contributed by atoms with Crippen LogP contribution in [0.25, 0.3) is 10.2 Å². The molecule has 0 radical (unpaired) electrons. The maximum Gasteiger partial charge on any atom is 0.239 e. The Morgan fingerprint density at radius 3 is 2.79 bits per heavy atom. The largest absolute Gasteiger partial charge is 0.376 e. The molecule has 1 amide bonds. The van der Waals surface area contributed by atoms with Crippen molar-refractivity contribution in [1.82, 2.24) is 4.98 Å². The molecule has 0 saturated carbocycles. The van der Waals surface area contributed by atoms with Gasteiger partial charge in [0.1, 0.15) is 0 Å². The van der Waals surface area contributed by atoms with E-state index in [-0.39, 0.29) is 12.0 Å². The molecule has 4 nitrogen and oxygen atoms in total. The number of amides is 1. The van der Waals surface area contributed by atoms with Crippen LogP contribution in [0.5, 0.6) is 0 Å².